The van der Waals surface area contributed by atoms with Crippen LogP contribution in [0.4, 0.5) is 19.3 Å². The minimum absolute atomic E-state index is 0.0461. The van der Waals surface area contributed by atoms with Crippen LogP contribution in [0.5, 0.6) is 0 Å². The maximum absolute atomic E-state index is 13.9. The average Bonchev–Trinajstić information content (AvgIpc) is 3.22. The summed E-state index contributed by atoms with van der Waals surface area (Å²) in [7, 11) is 0. The van der Waals surface area contributed by atoms with Gasteiger partial charge in [-0.3, -0.25) is 4.57 Å². The number of aryl methyl sites for hydroxylation is 1. The summed E-state index contributed by atoms with van der Waals surface area (Å²) in [6.45, 7) is 1.98. The number of nitrogens with one attached hydrogen (secondary N) is 2. The van der Waals surface area contributed by atoms with Crippen molar-refractivity contribution in [2.75, 3.05) is 5.32 Å². The lowest BCUT2D eigenvalue weighted by molar-refractivity contribution is 0.251. The van der Waals surface area contributed by atoms with E-state index in [-0.39, 0.29) is 12.2 Å². The number of thioether (sulfide) groups is 1. The molecule has 35 heavy (non-hydrogen) atoms. The molecule has 2 N–H and O–H groups in total. The molecule has 6 nitrogen and oxygen atoms in total. The largest absolute Gasteiger partial charge is 0.331 e. The molecule has 0 saturated carbocycles. The van der Waals surface area contributed by atoms with Crippen LogP contribution in [0.2, 0.25) is 10.0 Å². The topological polar surface area (TPSA) is 71.8 Å². The molecule has 11 heteroatoms. The van der Waals surface area contributed by atoms with Crippen molar-refractivity contribution in [2.24, 2.45) is 0 Å². The van der Waals surface area contributed by atoms with Crippen molar-refractivity contribution in [1.29, 1.82) is 0 Å². The fourth-order valence-electron chi connectivity index (χ4n) is 3.27. The number of urea groups is 1. The maximum atomic E-state index is 13.9. The second kappa shape index (κ2) is 11.1. The van der Waals surface area contributed by atoms with E-state index in [1.807, 2.05) is 25.1 Å². The number of hydrogen-bond acceptors (Lipinski definition) is 4. The third-order valence-electron chi connectivity index (χ3n) is 4.89. The van der Waals surface area contributed by atoms with E-state index in [9.17, 15) is 13.6 Å². The van der Waals surface area contributed by atoms with Gasteiger partial charge in [0.2, 0.25) is 0 Å². The third kappa shape index (κ3) is 6.30. The molecule has 4 rings (SSSR count). The molecule has 4 aromatic rings. The zero-order valence-electron chi connectivity index (χ0n) is 18.4. The lowest BCUT2D eigenvalue weighted by atomic mass is 10.2. The van der Waals surface area contributed by atoms with E-state index >= 15 is 0 Å². The Morgan fingerprint density at radius 3 is 2.66 bits per heavy atom. The number of rotatable bonds is 7. The van der Waals surface area contributed by atoms with Gasteiger partial charge in [0.25, 0.3) is 0 Å². The van der Waals surface area contributed by atoms with Gasteiger partial charge in [-0.05, 0) is 42.8 Å². The highest BCUT2D eigenvalue weighted by Crippen LogP contribution is 2.31. The monoisotopic (exact) mass is 533 g/mol. The van der Waals surface area contributed by atoms with E-state index in [2.05, 4.69) is 26.9 Å². The highest BCUT2D eigenvalue weighted by atomic mass is 35.5. The van der Waals surface area contributed by atoms with Crippen LogP contribution in [0.1, 0.15) is 17.0 Å². The SMILES string of the molecule is Cc1cccc(CSc2nnc(CNC(=O)Nc3ccc(F)cc3F)n2-c2cc(Cl)ccc2Cl)c1. The van der Waals surface area contributed by atoms with Crippen molar-refractivity contribution in [3.05, 3.63) is 99.3 Å². The van der Waals surface area contributed by atoms with Gasteiger partial charge in [-0.25, -0.2) is 13.6 Å². The Morgan fingerprint density at radius 2 is 1.89 bits per heavy atom. The van der Waals surface area contributed by atoms with Crippen molar-refractivity contribution in [1.82, 2.24) is 20.1 Å². The first-order chi connectivity index (χ1) is 16.8. The first-order valence-corrected chi connectivity index (χ1v) is 12.1. The molecule has 0 aliphatic carbocycles. The molecule has 0 saturated heterocycles. The Labute approximate surface area is 214 Å². The van der Waals surface area contributed by atoms with E-state index in [0.717, 1.165) is 23.3 Å². The van der Waals surface area contributed by atoms with E-state index in [1.54, 1.807) is 22.8 Å². The smallest absolute Gasteiger partial charge is 0.319 e. The van der Waals surface area contributed by atoms with E-state index in [0.29, 0.717) is 38.5 Å². The quantitative estimate of drug-likeness (QED) is 0.257. The van der Waals surface area contributed by atoms with Gasteiger partial charge in [0.05, 0.1) is 22.9 Å². The number of nitrogens with zero attached hydrogens (tertiary/aromatic N) is 3. The van der Waals surface area contributed by atoms with Crippen LogP contribution < -0.4 is 10.6 Å². The zero-order valence-corrected chi connectivity index (χ0v) is 20.7. The van der Waals surface area contributed by atoms with Crippen LogP contribution in [-0.4, -0.2) is 20.8 Å². The number of amides is 2. The van der Waals surface area contributed by atoms with Crippen LogP contribution in [0.3, 0.4) is 0 Å². The number of halogens is 4. The van der Waals surface area contributed by atoms with Crippen molar-refractivity contribution in [3.8, 4) is 5.69 Å². The summed E-state index contributed by atoms with van der Waals surface area (Å²) in [5, 5.41) is 14.9. The van der Waals surface area contributed by atoms with Crippen LogP contribution in [0, 0.1) is 18.6 Å². The van der Waals surface area contributed by atoms with Crippen molar-refractivity contribution in [3.63, 3.8) is 0 Å². The summed E-state index contributed by atoms with van der Waals surface area (Å²) in [5.41, 5.74) is 2.66. The van der Waals surface area contributed by atoms with Gasteiger partial charge in [-0.2, -0.15) is 0 Å². The minimum Gasteiger partial charge on any atom is -0.331 e. The van der Waals surface area contributed by atoms with Crippen LogP contribution in [-0.2, 0) is 12.3 Å². The molecule has 0 fully saturated rings. The summed E-state index contributed by atoms with van der Waals surface area (Å²) in [6.07, 6.45) is 0. The first-order valence-electron chi connectivity index (χ1n) is 10.4. The van der Waals surface area contributed by atoms with Gasteiger partial charge < -0.3 is 10.6 Å². The Morgan fingerprint density at radius 1 is 1.06 bits per heavy atom. The van der Waals surface area contributed by atoms with Crippen LogP contribution >= 0.6 is 35.0 Å². The van der Waals surface area contributed by atoms with Gasteiger partial charge in [-0.1, -0.05) is 64.8 Å². The summed E-state index contributed by atoms with van der Waals surface area (Å²) in [4.78, 5) is 12.3. The first kappa shape index (κ1) is 25.0. The van der Waals surface area contributed by atoms with E-state index in [4.69, 9.17) is 23.2 Å². The van der Waals surface area contributed by atoms with Gasteiger partial charge in [0.1, 0.15) is 11.6 Å². The Balaban J connectivity index is 1.56. The molecule has 0 atom stereocenters. The molecule has 0 radical (unpaired) electrons. The number of anilines is 1. The predicted molar refractivity (Wildman–Crippen MR) is 134 cm³/mol. The Bertz CT molecular complexity index is 1380. The molecule has 0 bridgehead atoms. The van der Waals surface area contributed by atoms with E-state index < -0.39 is 17.7 Å². The number of carbonyl (C=O) groups is 1. The molecule has 1 heterocycles. The second-order valence-electron chi connectivity index (χ2n) is 7.54. The highest BCUT2D eigenvalue weighted by molar-refractivity contribution is 7.98. The number of benzene rings is 3. The van der Waals surface area contributed by atoms with Gasteiger partial charge >= 0.3 is 6.03 Å². The number of carbonyl (C=O) groups excluding carboxylic acids is 1. The molecule has 3 aromatic carbocycles. The fraction of sp³-hybridized carbons (Fsp3) is 0.125. The van der Waals surface area contributed by atoms with Crippen LogP contribution in [0.15, 0.2) is 65.8 Å². The summed E-state index contributed by atoms with van der Waals surface area (Å²) < 4.78 is 28.7. The Kier molecular flexibility index (Phi) is 7.90. The summed E-state index contributed by atoms with van der Waals surface area (Å²) in [6, 6.07) is 15.3. The third-order valence-corrected chi connectivity index (χ3v) is 6.44. The number of hydrogen-bond donors (Lipinski definition) is 2. The normalized spacial score (nSPS) is 10.9. The molecule has 0 spiro atoms. The zero-order chi connectivity index (χ0) is 24.9. The van der Waals surface area contributed by atoms with Gasteiger partial charge in [0, 0.05) is 16.8 Å². The molecule has 1 aromatic heterocycles. The molecule has 0 aliphatic heterocycles. The summed E-state index contributed by atoms with van der Waals surface area (Å²) in [5.74, 6) is -0.606. The molecule has 2 amide bonds. The standard InChI is InChI=1S/C24H19Cl2F2N5OS/c1-14-3-2-4-15(9-14)13-35-24-32-31-22(33(24)21-10-16(25)5-7-18(21)26)12-29-23(34)30-20-8-6-17(27)11-19(20)28/h2-11H,12-13H2,1H3,(H2,29,30,34). The molecule has 0 unspecified atom stereocenters. The predicted octanol–water partition coefficient (Wildman–Crippen LogP) is 6.77. The van der Waals surface area contributed by atoms with E-state index in [1.165, 1.54) is 11.8 Å². The molecular weight excluding hydrogens is 515 g/mol. The Hall–Kier alpha value is -3.14. The van der Waals surface area contributed by atoms with Crippen molar-refractivity contribution < 1.29 is 13.6 Å². The van der Waals surface area contributed by atoms with Crippen molar-refractivity contribution in [2.45, 2.75) is 24.4 Å². The fourth-order valence-corrected chi connectivity index (χ4v) is 4.55. The van der Waals surface area contributed by atoms with Gasteiger partial charge in [-0.15, -0.1) is 10.2 Å². The molecule has 0 aliphatic rings. The van der Waals surface area contributed by atoms with Crippen LogP contribution in [0.25, 0.3) is 5.69 Å². The molecular formula is C24H19Cl2F2N5OS. The summed E-state index contributed by atoms with van der Waals surface area (Å²) >= 11 is 14.1. The minimum atomic E-state index is -0.885. The average molecular weight is 534 g/mol. The highest BCUT2D eigenvalue weighted by Gasteiger charge is 2.18. The number of aromatic nitrogens is 3. The van der Waals surface area contributed by atoms with Crippen molar-refractivity contribution >= 4 is 46.7 Å². The van der Waals surface area contributed by atoms with Gasteiger partial charge in [0.15, 0.2) is 11.0 Å². The second-order valence-corrected chi connectivity index (χ2v) is 9.33. The lowest BCUT2D eigenvalue weighted by Gasteiger charge is -2.13. The molecule has 180 valence electrons. The maximum Gasteiger partial charge on any atom is 0.319 e. The lowest BCUT2D eigenvalue weighted by Crippen LogP contribution is -2.29.